The van der Waals surface area contributed by atoms with Crippen LogP contribution in [-0.2, 0) is 40.1 Å². The number of nitro benzene ring substituents is 1. The van der Waals surface area contributed by atoms with Crippen LogP contribution in [0.1, 0.15) is 157 Å². The van der Waals surface area contributed by atoms with Gasteiger partial charge in [0.1, 0.15) is 24.4 Å². The Morgan fingerprint density at radius 3 is 2.20 bits per heavy atom. The van der Waals surface area contributed by atoms with Crippen molar-refractivity contribution in [3.8, 4) is 5.75 Å². The number of nitrogens with two attached hydrogens (primary N) is 1. The molecule has 3 fully saturated rings. The molecule has 10 atom stereocenters. The number of nitrogens with zero attached hydrogens (tertiary/aromatic N) is 1. The molecule has 2 aromatic rings. The van der Waals surface area contributed by atoms with E-state index in [1.807, 2.05) is 13.8 Å². The van der Waals surface area contributed by atoms with E-state index < -0.39 is 53.2 Å². The molecule has 0 aromatic heterocycles. The molecule has 4 aliphatic rings. The number of rotatable bonds is 26. The lowest BCUT2D eigenvalue weighted by Gasteiger charge is -2.58. The average molecular weight is 1040 g/mol. The second kappa shape index (κ2) is 26.8. The Kier molecular flexibility index (Phi) is 20.9. The summed E-state index contributed by atoms with van der Waals surface area (Å²) in [5.74, 6) is 1.79. The number of carbonyl (C=O) groups is 6. The van der Waals surface area contributed by atoms with E-state index in [4.69, 9.17) is 19.9 Å². The predicted molar refractivity (Wildman–Crippen MR) is 286 cm³/mol. The smallest absolute Gasteiger partial charge is 0.429 e. The highest BCUT2D eigenvalue weighted by Gasteiger charge is 2.59. The third-order valence-corrected chi connectivity index (χ3v) is 17.1. The maximum absolute atomic E-state index is 13.6. The maximum Gasteiger partial charge on any atom is 0.514 e. The first-order valence-electron chi connectivity index (χ1n) is 27.6. The molecule has 2 aromatic carbocycles. The summed E-state index contributed by atoms with van der Waals surface area (Å²) in [4.78, 5) is 87.3. The molecule has 6 N–H and O–H groups in total. The number of amides is 5. The molecule has 0 heterocycles. The summed E-state index contributed by atoms with van der Waals surface area (Å²) < 4.78 is 16.6. The van der Waals surface area contributed by atoms with Gasteiger partial charge in [0.25, 0.3) is 5.69 Å². The van der Waals surface area contributed by atoms with Crippen molar-refractivity contribution in [3.63, 3.8) is 0 Å². The van der Waals surface area contributed by atoms with Gasteiger partial charge in [-0.05, 0) is 146 Å². The zero-order chi connectivity index (χ0) is 54.5. The second-order valence-corrected chi connectivity index (χ2v) is 23.3. The van der Waals surface area contributed by atoms with Crippen molar-refractivity contribution in [1.29, 1.82) is 0 Å². The summed E-state index contributed by atoms with van der Waals surface area (Å²) in [6.45, 7) is 16.9. The van der Waals surface area contributed by atoms with Crippen LogP contribution < -0.4 is 31.7 Å². The third kappa shape index (κ3) is 16.1. The van der Waals surface area contributed by atoms with Gasteiger partial charge in [0.15, 0.2) is 0 Å². The summed E-state index contributed by atoms with van der Waals surface area (Å²) in [6, 6.07) is 8.62. The van der Waals surface area contributed by atoms with Gasteiger partial charge in [-0.1, -0.05) is 91.5 Å². The minimum Gasteiger partial charge on any atom is -0.429 e. The van der Waals surface area contributed by atoms with E-state index in [1.54, 1.807) is 17.7 Å². The van der Waals surface area contributed by atoms with Crippen LogP contribution in [0.3, 0.4) is 0 Å². The highest BCUT2D eigenvalue weighted by Crippen LogP contribution is 2.67. The molecule has 75 heavy (non-hydrogen) atoms. The van der Waals surface area contributed by atoms with Crippen molar-refractivity contribution in [3.05, 3.63) is 75.9 Å². The summed E-state index contributed by atoms with van der Waals surface area (Å²) in [5, 5.41) is 21.6. The molecule has 3 saturated carbocycles. The molecule has 5 amide bonds. The van der Waals surface area contributed by atoms with Gasteiger partial charge in [0.05, 0.1) is 17.4 Å². The normalized spacial score (nSPS) is 25.0. The van der Waals surface area contributed by atoms with Crippen LogP contribution in [0, 0.1) is 62.4 Å². The van der Waals surface area contributed by atoms with Gasteiger partial charge in [-0.15, -0.1) is 0 Å². The van der Waals surface area contributed by atoms with E-state index in [2.05, 4.69) is 62.0 Å². The van der Waals surface area contributed by atoms with E-state index in [1.165, 1.54) is 94.2 Å². The molecule has 4 aliphatic carbocycles. The Hall–Kier alpha value is -5.84. The Labute approximate surface area is 443 Å². The first-order chi connectivity index (χ1) is 35.6. The van der Waals surface area contributed by atoms with Crippen LogP contribution in [0.2, 0.25) is 0 Å². The van der Waals surface area contributed by atoms with Crippen molar-refractivity contribution in [2.45, 2.75) is 176 Å². The standard InChI is InChI=1S/C58H84N6O11/c1-36(2)10-8-11-38(5)46-22-23-47-45-21-14-40-33-44(26-28-57(40,6)48(45)27-29-58(46,47)7)73-31-9-30-60-52(66)24-25-53(67)62-49(32-37(3)4)55(69)63-50(34-51(59)65)54(68)61-41-15-12-39(13-16-41)35-74-56(70)75-43-19-17-42(18-20-43)64(71)72/h12-20,36-38,44-50H,8-11,21-35H2,1-7H3,(H2,59,65)(H,60,66)(H,61,68)(H,62,67)(H,63,69). The maximum atomic E-state index is 13.6. The average Bonchev–Trinajstić information content (AvgIpc) is 3.72. The van der Waals surface area contributed by atoms with Crippen LogP contribution in [0.5, 0.6) is 5.75 Å². The summed E-state index contributed by atoms with van der Waals surface area (Å²) in [5.41, 5.74) is 8.46. The molecule has 0 saturated heterocycles. The number of fused-ring (bicyclic) bond motifs is 5. The van der Waals surface area contributed by atoms with Crippen molar-refractivity contribution < 1.29 is 47.9 Å². The summed E-state index contributed by atoms with van der Waals surface area (Å²) >= 11 is 0. The Morgan fingerprint density at radius 2 is 1.52 bits per heavy atom. The van der Waals surface area contributed by atoms with Crippen molar-refractivity contribution in [2.75, 3.05) is 18.5 Å². The second-order valence-electron chi connectivity index (χ2n) is 23.3. The monoisotopic (exact) mass is 1040 g/mol. The molecular formula is C58H84N6O11. The van der Waals surface area contributed by atoms with E-state index in [-0.39, 0.29) is 60.7 Å². The van der Waals surface area contributed by atoms with Gasteiger partial charge in [-0.2, -0.15) is 0 Å². The van der Waals surface area contributed by atoms with Crippen LogP contribution in [-0.4, -0.2) is 72.0 Å². The largest absolute Gasteiger partial charge is 0.514 e. The number of carbonyl (C=O) groups excluding carboxylic acids is 6. The highest BCUT2D eigenvalue weighted by molar-refractivity contribution is 6.00. The van der Waals surface area contributed by atoms with Gasteiger partial charge in [-0.3, -0.25) is 34.1 Å². The molecule has 17 nitrogen and oxygen atoms in total. The minimum atomic E-state index is -1.38. The van der Waals surface area contributed by atoms with Crippen LogP contribution in [0.4, 0.5) is 16.2 Å². The summed E-state index contributed by atoms with van der Waals surface area (Å²) in [6.07, 6.45) is 15.9. The molecule has 0 bridgehead atoms. The van der Waals surface area contributed by atoms with Gasteiger partial charge >= 0.3 is 6.16 Å². The highest BCUT2D eigenvalue weighted by atomic mass is 16.7. The number of primary amides is 1. The summed E-state index contributed by atoms with van der Waals surface area (Å²) in [7, 11) is 0. The molecule has 412 valence electrons. The van der Waals surface area contributed by atoms with Crippen molar-refractivity contribution in [1.82, 2.24) is 16.0 Å². The van der Waals surface area contributed by atoms with Gasteiger partial charge < -0.3 is 41.2 Å². The van der Waals surface area contributed by atoms with E-state index in [0.717, 1.165) is 48.3 Å². The number of benzene rings is 2. The quantitative estimate of drug-likeness (QED) is 0.0148. The van der Waals surface area contributed by atoms with Crippen LogP contribution in [0.25, 0.3) is 0 Å². The van der Waals surface area contributed by atoms with Crippen molar-refractivity contribution >= 4 is 47.1 Å². The number of allylic oxidation sites excluding steroid dienone is 1. The molecule has 6 rings (SSSR count). The molecular weight excluding hydrogens is 957 g/mol. The fourth-order valence-electron chi connectivity index (χ4n) is 13.1. The minimum absolute atomic E-state index is 0.0433. The predicted octanol–water partition coefficient (Wildman–Crippen LogP) is 9.85. The Balaban J connectivity index is 0.885. The van der Waals surface area contributed by atoms with Crippen molar-refractivity contribution in [2.24, 2.45) is 58.0 Å². The number of non-ortho nitro benzene ring substituents is 1. The SMILES string of the molecule is CC(C)CCCC(C)C1CCC2C3CC=C4CC(OCCCNC(=O)CCC(=O)NC(CC(C)C)C(=O)NC(CC(N)=O)C(=O)Nc5ccc(COC(=O)Oc6ccc([N+](=O)[O-])cc6)cc5)CCC4(C)C3CCC12C. The van der Waals surface area contributed by atoms with Crippen LogP contribution >= 0.6 is 0 Å². The topological polar surface area (TPSA) is 247 Å². The number of hydrogen-bond acceptors (Lipinski definition) is 11. The fraction of sp³-hybridized carbons (Fsp3) is 0.655. The van der Waals surface area contributed by atoms with E-state index in [0.29, 0.717) is 36.2 Å². The van der Waals surface area contributed by atoms with Gasteiger partial charge in [0.2, 0.25) is 29.5 Å². The van der Waals surface area contributed by atoms with Crippen LogP contribution in [0.15, 0.2) is 60.2 Å². The number of nitrogens with one attached hydrogen (secondary N) is 4. The number of anilines is 1. The fourth-order valence-corrected chi connectivity index (χ4v) is 13.1. The molecule has 10 unspecified atom stereocenters. The number of ether oxygens (including phenoxy) is 3. The molecule has 0 aliphatic heterocycles. The third-order valence-electron chi connectivity index (χ3n) is 17.1. The first kappa shape index (κ1) is 58.4. The first-order valence-corrected chi connectivity index (χ1v) is 27.6. The zero-order valence-electron chi connectivity index (χ0n) is 45.4. The Bertz CT molecular complexity index is 2340. The van der Waals surface area contributed by atoms with Gasteiger partial charge in [-0.25, -0.2) is 4.79 Å². The van der Waals surface area contributed by atoms with E-state index >= 15 is 0 Å². The van der Waals surface area contributed by atoms with Gasteiger partial charge in [0, 0.05) is 43.8 Å². The molecule has 0 spiro atoms. The number of hydrogen-bond donors (Lipinski definition) is 5. The lowest BCUT2D eigenvalue weighted by Crippen LogP contribution is -2.54. The zero-order valence-corrected chi connectivity index (χ0v) is 45.4. The van der Waals surface area contributed by atoms with E-state index in [9.17, 15) is 38.9 Å². The lowest BCUT2D eigenvalue weighted by atomic mass is 9.47. The Morgan fingerprint density at radius 1 is 0.800 bits per heavy atom. The lowest BCUT2D eigenvalue weighted by molar-refractivity contribution is -0.384. The molecule has 17 heteroatoms. The molecule has 0 radical (unpaired) electrons. The number of nitro groups is 1.